The number of hydrogen-bond donors (Lipinski definition) is 0. The summed E-state index contributed by atoms with van der Waals surface area (Å²) < 4.78 is 7.14. The summed E-state index contributed by atoms with van der Waals surface area (Å²) in [6.07, 6.45) is 1.91. The third-order valence-corrected chi connectivity index (χ3v) is 6.41. The van der Waals surface area contributed by atoms with E-state index in [0.717, 1.165) is 30.7 Å². The number of rotatable bonds is 5. The summed E-state index contributed by atoms with van der Waals surface area (Å²) in [5, 5.41) is 0.573. The summed E-state index contributed by atoms with van der Waals surface area (Å²) in [7, 11) is 0. The molecule has 5 rings (SSSR count). The molecule has 0 N–H and O–H groups in total. The second-order valence-electron chi connectivity index (χ2n) is 8.52. The van der Waals surface area contributed by atoms with Gasteiger partial charge >= 0.3 is 0 Å². The fraction of sp³-hybridized carbons (Fsp3) is 0.250. The average molecular weight is 454 g/mol. The van der Waals surface area contributed by atoms with E-state index in [2.05, 4.69) is 4.98 Å². The highest BCUT2D eigenvalue weighted by atomic mass is 16.5. The summed E-state index contributed by atoms with van der Waals surface area (Å²) in [6, 6.07) is 22.6. The number of para-hydroxylation sites is 1. The van der Waals surface area contributed by atoms with Crippen LogP contribution in [0.5, 0.6) is 5.75 Å². The van der Waals surface area contributed by atoms with E-state index in [4.69, 9.17) is 4.74 Å². The van der Waals surface area contributed by atoms with Crippen LogP contribution in [0.1, 0.15) is 47.6 Å². The predicted octanol–water partition coefficient (Wildman–Crippen LogP) is 5.07. The Hall–Kier alpha value is -3.93. The SMILES string of the molecule is CCOc1ccc(C2CCCN2C(=O)c2ccc(-n3c(C)nc4ccccc4c3=O)cc2)cc1. The lowest BCUT2D eigenvalue weighted by Crippen LogP contribution is -2.30. The van der Waals surface area contributed by atoms with Gasteiger partial charge in [-0.05, 0) is 80.8 Å². The number of fused-ring (bicyclic) bond motifs is 1. The van der Waals surface area contributed by atoms with Crippen LogP contribution in [0, 0.1) is 6.92 Å². The van der Waals surface area contributed by atoms with Crippen LogP contribution in [0.15, 0.2) is 77.6 Å². The van der Waals surface area contributed by atoms with Crippen LogP contribution in [0.2, 0.25) is 0 Å². The molecule has 4 aromatic rings. The Bertz CT molecular complexity index is 1390. The molecule has 1 aromatic heterocycles. The molecule has 3 aromatic carbocycles. The van der Waals surface area contributed by atoms with Gasteiger partial charge in [-0.15, -0.1) is 0 Å². The first kappa shape index (κ1) is 21.9. The van der Waals surface area contributed by atoms with Crippen molar-refractivity contribution in [2.24, 2.45) is 0 Å². The summed E-state index contributed by atoms with van der Waals surface area (Å²) in [5.41, 5.74) is 3.00. The van der Waals surface area contributed by atoms with E-state index >= 15 is 0 Å². The van der Waals surface area contributed by atoms with Crippen molar-refractivity contribution in [3.8, 4) is 11.4 Å². The average Bonchev–Trinajstić information content (AvgIpc) is 3.35. The van der Waals surface area contributed by atoms with E-state index in [1.165, 1.54) is 0 Å². The third-order valence-electron chi connectivity index (χ3n) is 6.41. The first-order valence-electron chi connectivity index (χ1n) is 11.7. The van der Waals surface area contributed by atoms with Crippen molar-refractivity contribution in [2.75, 3.05) is 13.2 Å². The molecule has 2 heterocycles. The second kappa shape index (κ2) is 9.14. The first-order chi connectivity index (χ1) is 16.6. The van der Waals surface area contributed by atoms with Crippen LogP contribution in [-0.2, 0) is 0 Å². The third kappa shape index (κ3) is 3.96. The minimum Gasteiger partial charge on any atom is -0.494 e. The molecule has 1 saturated heterocycles. The minimum atomic E-state index is -0.114. The van der Waals surface area contributed by atoms with E-state index in [-0.39, 0.29) is 17.5 Å². The molecular formula is C28H27N3O3. The highest BCUT2D eigenvalue weighted by molar-refractivity contribution is 5.95. The summed E-state index contributed by atoms with van der Waals surface area (Å²) in [4.78, 5) is 33.0. The largest absolute Gasteiger partial charge is 0.494 e. The maximum atomic E-state index is 13.4. The number of aromatic nitrogens is 2. The number of aryl methyl sites for hydroxylation is 1. The molecule has 1 atom stereocenters. The van der Waals surface area contributed by atoms with E-state index in [9.17, 15) is 9.59 Å². The Morgan fingerprint density at radius 1 is 1.03 bits per heavy atom. The summed E-state index contributed by atoms with van der Waals surface area (Å²) in [5.74, 6) is 1.45. The van der Waals surface area contributed by atoms with Crippen LogP contribution in [-0.4, -0.2) is 33.5 Å². The number of hydrogen-bond acceptors (Lipinski definition) is 4. The molecule has 0 radical (unpaired) electrons. The van der Waals surface area contributed by atoms with Gasteiger partial charge in [0.1, 0.15) is 11.6 Å². The summed E-state index contributed by atoms with van der Waals surface area (Å²) >= 11 is 0. The zero-order valence-corrected chi connectivity index (χ0v) is 19.4. The molecule has 1 aliphatic rings. The Kier molecular flexibility index (Phi) is 5.88. The van der Waals surface area contributed by atoms with Gasteiger partial charge in [-0.3, -0.25) is 14.2 Å². The Labute approximate surface area is 198 Å². The molecule has 1 fully saturated rings. The molecular weight excluding hydrogens is 426 g/mol. The van der Waals surface area contributed by atoms with Gasteiger partial charge in [0.2, 0.25) is 0 Å². The van der Waals surface area contributed by atoms with Crippen LogP contribution in [0.3, 0.4) is 0 Å². The number of nitrogens with zero attached hydrogens (tertiary/aromatic N) is 3. The Morgan fingerprint density at radius 3 is 2.50 bits per heavy atom. The quantitative estimate of drug-likeness (QED) is 0.423. The standard InChI is InChI=1S/C28H27N3O3/c1-3-34-23-16-12-20(13-17-23)26-9-6-18-30(26)27(32)21-10-14-22(15-11-21)31-19(2)29-25-8-5-4-7-24(25)28(31)33/h4-5,7-8,10-17,26H,3,6,9,18H2,1-2H3. The molecule has 0 aliphatic carbocycles. The first-order valence-corrected chi connectivity index (χ1v) is 11.7. The summed E-state index contributed by atoms with van der Waals surface area (Å²) in [6.45, 7) is 5.14. The van der Waals surface area contributed by atoms with Crippen LogP contribution in [0.25, 0.3) is 16.6 Å². The number of carbonyl (C=O) groups is 1. The second-order valence-corrected chi connectivity index (χ2v) is 8.52. The molecule has 1 amide bonds. The molecule has 1 aliphatic heterocycles. The van der Waals surface area contributed by atoms with Gasteiger partial charge in [0.15, 0.2) is 0 Å². The van der Waals surface area contributed by atoms with Crippen molar-refractivity contribution in [3.63, 3.8) is 0 Å². The van der Waals surface area contributed by atoms with Gasteiger partial charge in [-0.25, -0.2) is 4.98 Å². The molecule has 6 nitrogen and oxygen atoms in total. The number of benzene rings is 3. The lowest BCUT2D eigenvalue weighted by atomic mass is 10.0. The van der Waals surface area contributed by atoms with Gasteiger partial charge < -0.3 is 9.64 Å². The minimum absolute atomic E-state index is 0.00337. The molecule has 172 valence electrons. The number of ether oxygens (including phenoxy) is 1. The molecule has 6 heteroatoms. The molecule has 0 spiro atoms. The fourth-order valence-corrected chi connectivity index (χ4v) is 4.78. The van der Waals surface area contributed by atoms with Crippen molar-refractivity contribution in [1.82, 2.24) is 14.5 Å². The number of likely N-dealkylation sites (tertiary alicyclic amines) is 1. The lowest BCUT2D eigenvalue weighted by Gasteiger charge is -2.25. The van der Waals surface area contributed by atoms with Crippen LogP contribution >= 0.6 is 0 Å². The van der Waals surface area contributed by atoms with Gasteiger partial charge in [0, 0.05) is 12.1 Å². The van der Waals surface area contributed by atoms with Gasteiger partial charge in [-0.2, -0.15) is 0 Å². The lowest BCUT2D eigenvalue weighted by molar-refractivity contribution is 0.0735. The normalized spacial score (nSPS) is 15.6. The van der Waals surface area contributed by atoms with Crippen molar-refractivity contribution in [1.29, 1.82) is 0 Å². The van der Waals surface area contributed by atoms with E-state index < -0.39 is 0 Å². The zero-order chi connectivity index (χ0) is 23.7. The number of carbonyl (C=O) groups excluding carboxylic acids is 1. The van der Waals surface area contributed by atoms with Crippen molar-refractivity contribution in [3.05, 3.63) is 100 Å². The topological polar surface area (TPSA) is 64.4 Å². The van der Waals surface area contributed by atoms with Crippen molar-refractivity contribution < 1.29 is 9.53 Å². The highest BCUT2D eigenvalue weighted by Crippen LogP contribution is 2.34. The molecule has 1 unspecified atom stereocenters. The Morgan fingerprint density at radius 2 is 1.76 bits per heavy atom. The van der Waals surface area contributed by atoms with Gasteiger partial charge in [0.25, 0.3) is 11.5 Å². The Balaban J connectivity index is 1.41. The zero-order valence-electron chi connectivity index (χ0n) is 19.4. The molecule has 0 saturated carbocycles. The maximum absolute atomic E-state index is 13.4. The van der Waals surface area contributed by atoms with E-state index in [1.807, 2.05) is 73.3 Å². The monoisotopic (exact) mass is 453 g/mol. The van der Waals surface area contributed by atoms with Gasteiger partial charge in [0.05, 0.1) is 29.2 Å². The van der Waals surface area contributed by atoms with Crippen LogP contribution in [0.4, 0.5) is 0 Å². The van der Waals surface area contributed by atoms with Crippen molar-refractivity contribution in [2.45, 2.75) is 32.7 Å². The van der Waals surface area contributed by atoms with E-state index in [0.29, 0.717) is 34.6 Å². The smallest absolute Gasteiger partial charge is 0.265 e. The van der Waals surface area contributed by atoms with E-state index in [1.54, 1.807) is 22.8 Å². The molecule has 0 bridgehead atoms. The van der Waals surface area contributed by atoms with Crippen LogP contribution < -0.4 is 10.3 Å². The highest BCUT2D eigenvalue weighted by Gasteiger charge is 2.30. The molecule has 34 heavy (non-hydrogen) atoms. The van der Waals surface area contributed by atoms with Gasteiger partial charge in [-0.1, -0.05) is 24.3 Å². The maximum Gasteiger partial charge on any atom is 0.265 e. The fourth-order valence-electron chi connectivity index (χ4n) is 4.78. The predicted molar refractivity (Wildman–Crippen MR) is 133 cm³/mol. The van der Waals surface area contributed by atoms with Crippen molar-refractivity contribution >= 4 is 16.8 Å². The number of amides is 1.